The molecule has 1 aliphatic rings. The van der Waals surface area contributed by atoms with Gasteiger partial charge in [0.05, 0.1) is 12.1 Å². The average molecular weight is 352 g/mol. The Kier molecular flexibility index (Phi) is 5.49. The summed E-state index contributed by atoms with van der Waals surface area (Å²) >= 11 is 0. The molecule has 0 unspecified atom stereocenters. The van der Waals surface area contributed by atoms with Crippen LogP contribution in [0.1, 0.15) is 31.1 Å². The molecule has 6 heteroatoms. The summed E-state index contributed by atoms with van der Waals surface area (Å²) in [5.41, 5.74) is -0.00128. The maximum Gasteiger partial charge on any atom is 0.416 e. The highest BCUT2D eigenvalue weighted by molar-refractivity contribution is 5.58. The lowest BCUT2D eigenvalue weighted by molar-refractivity contribution is -0.137. The number of nitrogens with zero attached hydrogens (tertiary/aromatic N) is 1. The zero-order valence-corrected chi connectivity index (χ0v) is 14.3. The van der Waals surface area contributed by atoms with Crippen molar-refractivity contribution in [1.29, 1.82) is 0 Å². The van der Waals surface area contributed by atoms with Gasteiger partial charge in [0.1, 0.15) is 11.5 Å². The predicted molar refractivity (Wildman–Crippen MR) is 91.1 cm³/mol. The molecule has 1 aromatic carbocycles. The molecule has 1 fully saturated rings. The second kappa shape index (κ2) is 7.62. The maximum absolute atomic E-state index is 12.6. The standard InChI is InChI=1S/C19H23F3N2O/c1-2-24-11-9-16(10-12-24)23-13-17-7-8-18(25-17)14-3-5-15(6-4-14)19(20,21)22/h3-8,16,23H,2,9-13H2,1H3. The summed E-state index contributed by atoms with van der Waals surface area (Å²) in [4.78, 5) is 2.44. The Morgan fingerprint density at radius 2 is 1.76 bits per heavy atom. The van der Waals surface area contributed by atoms with Gasteiger partial charge < -0.3 is 14.6 Å². The first-order valence-corrected chi connectivity index (χ1v) is 8.68. The van der Waals surface area contributed by atoms with Crippen molar-refractivity contribution in [2.75, 3.05) is 19.6 Å². The number of piperidine rings is 1. The summed E-state index contributed by atoms with van der Waals surface area (Å²) in [5.74, 6) is 1.39. The van der Waals surface area contributed by atoms with E-state index in [0.29, 0.717) is 23.9 Å². The number of likely N-dealkylation sites (tertiary alicyclic amines) is 1. The van der Waals surface area contributed by atoms with Crippen LogP contribution in [0, 0.1) is 0 Å². The van der Waals surface area contributed by atoms with Crippen molar-refractivity contribution in [1.82, 2.24) is 10.2 Å². The Labute approximate surface area is 145 Å². The molecule has 136 valence electrons. The number of rotatable bonds is 5. The fourth-order valence-electron chi connectivity index (χ4n) is 3.15. The summed E-state index contributed by atoms with van der Waals surface area (Å²) < 4.78 is 43.6. The van der Waals surface area contributed by atoms with Crippen LogP contribution in [0.3, 0.4) is 0 Å². The van der Waals surface area contributed by atoms with Crippen LogP contribution in [-0.4, -0.2) is 30.6 Å². The quantitative estimate of drug-likeness (QED) is 0.856. The molecule has 0 saturated carbocycles. The number of furan rings is 1. The summed E-state index contributed by atoms with van der Waals surface area (Å²) in [6.45, 7) is 6.14. The molecule has 0 bridgehead atoms. The minimum Gasteiger partial charge on any atom is -0.460 e. The van der Waals surface area contributed by atoms with Gasteiger partial charge in [-0.05, 0) is 56.7 Å². The molecule has 1 aliphatic heterocycles. The van der Waals surface area contributed by atoms with Gasteiger partial charge in [0.15, 0.2) is 0 Å². The summed E-state index contributed by atoms with van der Waals surface area (Å²) in [6.07, 6.45) is -2.06. The molecule has 0 aliphatic carbocycles. The molecule has 2 heterocycles. The lowest BCUT2D eigenvalue weighted by Crippen LogP contribution is -2.42. The predicted octanol–water partition coefficient (Wildman–Crippen LogP) is 4.54. The van der Waals surface area contributed by atoms with Crippen molar-refractivity contribution in [2.24, 2.45) is 0 Å². The number of alkyl halides is 3. The molecule has 1 aromatic heterocycles. The summed E-state index contributed by atoms with van der Waals surface area (Å²) in [5, 5.41) is 3.51. The van der Waals surface area contributed by atoms with Crippen LogP contribution >= 0.6 is 0 Å². The van der Waals surface area contributed by atoms with E-state index < -0.39 is 11.7 Å². The van der Waals surface area contributed by atoms with Crippen molar-refractivity contribution in [3.05, 3.63) is 47.7 Å². The molecule has 3 rings (SSSR count). The molecule has 25 heavy (non-hydrogen) atoms. The van der Waals surface area contributed by atoms with Crippen molar-refractivity contribution in [2.45, 2.75) is 38.5 Å². The van der Waals surface area contributed by atoms with Crippen LogP contribution in [0.5, 0.6) is 0 Å². The van der Waals surface area contributed by atoms with E-state index in [9.17, 15) is 13.2 Å². The minimum atomic E-state index is -4.32. The van der Waals surface area contributed by atoms with Crippen molar-refractivity contribution in [3.63, 3.8) is 0 Å². The van der Waals surface area contributed by atoms with Crippen LogP contribution < -0.4 is 5.32 Å². The first-order chi connectivity index (χ1) is 12.0. The fraction of sp³-hybridized carbons (Fsp3) is 0.474. The SMILES string of the molecule is CCN1CCC(NCc2ccc(-c3ccc(C(F)(F)F)cc3)o2)CC1. The fourth-order valence-corrected chi connectivity index (χ4v) is 3.15. The molecule has 0 atom stereocenters. The first kappa shape index (κ1) is 18.0. The van der Waals surface area contributed by atoms with Gasteiger partial charge in [-0.15, -0.1) is 0 Å². The van der Waals surface area contributed by atoms with Crippen LogP contribution in [0.15, 0.2) is 40.8 Å². The molecular formula is C19H23F3N2O. The third kappa shape index (κ3) is 4.64. The van der Waals surface area contributed by atoms with Crippen LogP contribution in [0.4, 0.5) is 13.2 Å². The number of halogens is 3. The third-order valence-corrected chi connectivity index (χ3v) is 4.76. The zero-order valence-electron chi connectivity index (χ0n) is 14.3. The number of benzene rings is 1. The normalized spacial score (nSPS) is 17.1. The van der Waals surface area contributed by atoms with E-state index in [1.165, 1.54) is 12.1 Å². The van der Waals surface area contributed by atoms with Gasteiger partial charge in [0, 0.05) is 11.6 Å². The molecular weight excluding hydrogens is 329 g/mol. The van der Waals surface area contributed by atoms with Gasteiger partial charge in [0.25, 0.3) is 0 Å². The molecule has 0 spiro atoms. The average Bonchev–Trinajstić information content (AvgIpc) is 3.09. The van der Waals surface area contributed by atoms with E-state index in [1.807, 2.05) is 6.07 Å². The Balaban J connectivity index is 1.56. The van der Waals surface area contributed by atoms with Crippen molar-refractivity contribution in [3.8, 4) is 11.3 Å². The van der Waals surface area contributed by atoms with Crippen molar-refractivity contribution >= 4 is 0 Å². The lowest BCUT2D eigenvalue weighted by atomic mass is 10.1. The number of hydrogen-bond acceptors (Lipinski definition) is 3. The highest BCUT2D eigenvalue weighted by atomic mass is 19.4. The summed E-state index contributed by atoms with van der Waals surface area (Å²) in [7, 11) is 0. The topological polar surface area (TPSA) is 28.4 Å². The van der Waals surface area contributed by atoms with Gasteiger partial charge in [0.2, 0.25) is 0 Å². The molecule has 0 amide bonds. The lowest BCUT2D eigenvalue weighted by Gasteiger charge is -2.31. The Bertz CT molecular complexity index is 671. The first-order valence-electron chi connectivity index (χ1n) is 8.68. The maximum atomic E-state index is 12.6. The van der Waals surface area contributed by atoms with Gasteiger partial charge in [-0.1, -0.05) is 19.1 Å². The second-order valence-electron chi connectivity index (χ2n) is 6.43. The monoisotopic (exact) mass is 352 g/mol. The van der Waals surface area contributed by atoms with E-state index in [-0.39, 0.29) is 0 Å². The van der Waals surface area contributed by atoms with E-state index in [1.54, 1.807) is 6.07 Å². The van der Waals surface area contributed by atoms with Crippen molar-refractivity contribution < 1.29 is 17.6 Å². The second-order valence-corrected chi connectivity index (χ2v) is 6.43. The number of nitrogens with one attached hydrogen (secondary N) is 1. The van der Waals surface area contributed by atoms with Crippen LogP contribution in [-0.2, 0) is 12.7 Å². The van der Waals surface area contributed by atoms with E-state index in [2.05, 4.69) is 17.1 Å². The summed E-state index contributed by atoms with van der Waals surface area (Å²) in [6, 6.07) is 9.22. The van der Waals surface area contributed by atoms with Gasteiger partial charge in [-0.2, -0.15) is 13.2 Å². The Hall–Kier alpha value is -1.79. The van der Waals surface area contributed by atoms with E-state index in [4.69, 9.17) is 4.42 Å². The Morgan fingerprint density at radius 1 is 1.08 bits per heavy atom. The van der Waals surface area contributed by atoms with Crippen LogP contribution in [0.25, 0.3) is 11.3 Å². The highest BCUT2D eigenvalue weighted by Gasteiger charge is 2.30. The molecule has 0 radical (unpaired) electrons. The van der Waals surface area contributed by atoms with E-state index >= 15 is 0 Å². The largest absolute Gasteiger partial charge is 0.460 e. The highest BCUT2D eigenvalue weighted by Crippen LogP contribution is 2.31. The zero-order chi connectivity index (χ0) is 17.9. The van der Waals surface area contributed by atoms with Crippen LogP contribution in [0.2, 0.25) is 0 Å². The van der Waals surface area contributed by atoms with Gasteiger partial charge in [-0.25, -0.2) is 0 Å². The molecule has 1 N–H and O–H groups in total. The third-order valence-electron chi connectivity index (χ3n) is 4.76. The van der Waals surface area contributed by atoms with Gasteiger partial charge in [-0.3, -0.25) is 0 Å². The minimum absolute atomic E-state index is 0.488. The number of hydrogen-bond donors (Lipinski definition) is 1. The Morgan fingerprint density at radius 3 is 2.36 bits per heavy atom. The van der Waals surface area contributed by atoms with Gasteiger partial charge >= 0.3 is 6.18 Å². The van der Waals surface area contributed by atoms with E-state index in [0.717, 1.165) is 50.4 Å². The molecule has 2 aromatic rings. The molecule has 3 nitrogen and oxygen atoms in total. The molecule has 1 saturated heterocycles. The smallest absolute Gasteiger partial charge is 0.416 e.